The van der Waals surface area contributed by atoms with E-state index in [0.717, 1.165) is 37.3 Å². The molecule has 2 heterocycles. The van der Waals surface area contributed by atoms with Gasteiger partial charge in [0.2, 0.25) is 0 Å². The molecule has 0 bridgehead atoms. The molecule has 0 unspecified atom stereocenters. The van der Waals surface area contributed by atoms with Crippen LogP contribution in [0.5, 0.6) is 0 Å². The Labute approximate surface area is 111 Å². The maximum absolute atomic E-state index is 9.56. The number of aromatic nitrogens is 3. The van der Waals surface area contributed by atoms with Gasteiger partial charge in [-0.1, -0.05) is 0 Å². The molecule has 1 fully saturated rings. The predicted octanol–water partition coefficient (Wildman–Crippen LogP) is 0.811. The number of aliphatic hydroxyl groups excluding tert-OH is 1. The van der Waals surface area contributed by atoms with Gasteiger partial charge in [-0.25, -0.2) is 0 Å². The van der Waals surface area contributed by atoms with E-state index < -0.39 is 0 Å². The van der Waals surface area contributed by atoms with Crippen LogP contribution in [0.25, 0.3) is 5.69 Å². The topological polar surface area (TPSA) is 80.2 Å². The van der Waals surface area contributed by atoms with Gasteiger partial charge in [0.1, 0.15) is 12.7 Å². The van der Waals surface area contributed by atoms with Crippen LogP contribution in [0.2, 0.25) is 0 Å². The van der Waals surface area contributed by atoms with E-state index in [1.54, 1.807) is 12.7 Å². The summed E-state index contributed by atoms with van der Waals surface area (Å²) in [5.74, 6) is 0. The van der Waals surface area contributed by atoms with Crippen molar-refractivity contribution < 1.29 is 5.11 Å². The van der Waals surface area contributed by atoms with Crippen LogP contribution < -0.4 is 10.6 Å². The van der Waals surface area contributed by atoms with Crippen molar-refractivity contribution >= 4 is 11.4 Å². The Morgan fingerprint density at radius 2 is 1.68 bits per heavy atom. The molecule has 1 aromatic carbocycles. The maximum atomic E-state index is 9.56. The van der Waals surface area contributed by atoms with Crippen molar-refractivity contribution in [2.45, 2.75) is 18.9 Å². The molecule has 0 radical (unpaired) electrons. The normalized spacial score (nSPS) is 16.8. The van der Waals surface area contributed by atoms with E-state index in [4.69, 9.17) is 5.73 Å². The number of nitrogens with two attached hydrogens (primary N) is 1. The van der Waals surface area contributed by atoms with E-state index in [9.17, 15) is 5.11 Å². The average Bonchev–Trinajstić information content (AvgIpc) is 2.93. The van der Waals surface area contributed by atoms with Gasteiger partial charge >= 0.3 is 0 Å². The number of nitrogen functional groups attached to an aromatic ring is 1. The first kappa shape index (κ1) is 12.0. The molecule has 0 atom stereocenters. The predicted molar refractivity (Wildman–Crippen MR) is 73.2 cm³/mol. The zero-order valence-corrected chi connectivity index (χ0v) is 10.6. The molecular weight excluding hydrogens is 242 g/mol. The minimum Gasteiger partial charge on any atom is -0.399 e. The van der Waals surface area contributed by atoms with Gasteiger partial charge in [-0.2, -0.15) is 0 Å². The molecule has 2 aromatic rings. The lowest BCUT2D eigenvalue weighted by atomic mass is 10.1. The molecule has 0 spiro atoms. The van der Waals surface area contributed by atoms with Gasteiger partial charge < -0.3 is 15.7 Å². The Hall–Kier alpha value is -2.08. The van der Waals surface area contributed by atoms with Crippen LogP contribution in [-0.4, -0.2) is 39.1 Å². The fraction of sp³-hybridized carbons (Fsp3) is 0.385. The minimum absolute atomic E-state index is 0.172. The summed E-state index contributed by atoms with van der Waals surface area (Å²) >= 11 is 0. The molecule has 1 aliphatic rings. The van der Waals surface area contributed by atoms with E-state index >= 15 is 0 Å². The Morgan fingerprint density at radius 3 is 2.37 bits per heavy atom. The van der Waals surface area contributed by atoms with Crippen molar-refractivity contribution in [2.75, 3.05) is 23.7 Å². The summed E-state index contributed by atoms with van der Waals surface area (Å²) in [6.45, 7) is 1.71. The van der Waals surface area contributed by atoms with E-state index in [-0.39, 0.29) is 6.10 Å². The van der Waals surface area contributed by atoms with E-state index in [1.165, 1.54) is 0 Å². The first-order valence-electron chi connectivity index (χ1n) is 6.41. The molecule has 1 aromatic heterocycles. The van der Waals surface area contributed by atoms with Gasteiger partial charge in [-0.05, 0) is 31.0 Å². The Bertz CT molecular complexity index is 546. The quantitative estimate of drug-likeness (QED) is 0.780. The molecule has 0 aliphatic carbocycles. The Morgan fingerprint density at radius 1 is 1.05 bits per heavy atom. The molecule has 3 N–H and O–H groups in total. The molecule has 19 heavy (non-hydrogen) atoms. The monoisotopic (exact) mass is 259 g/mol. The van der Waals surface area contributed by atoms with E-state index in [1.807, 2.05) is 16.7 Å². The molecule has 6 heteroatoms. The van der Waals surface area contributed by atoms with Gasteiger partial charge in [-0.15, -0.1) is 10.2 Å². The molecule has 100 valence electrons. The molecule has 0 amide bonds. The number of hydrogen-bond donors (Lipinski definition) is 2. The smallest absolute Gasteiger partial charge is 0.123 e. The second kappa shape index (κ2) is 4.89. The molecule has 0 saturated carbocycles. The van der Waals surface area contributed by atoms with Crippen LogP contribution in [-0.2, 0) is 0 Å². The zero-order valence-electron chi connectivity index (χ0n) is 10.6. The maximum Gasteiger partial charge on any atom is 0.123 e. The summed E-state index contributed by atoms with van der Waals surface area (Å²) in [6.07, 6.45) is 4.74. The fourth-order valence-corrected chi connectivity index (χ4v) is 2.41. The highest BCUT2D eigenvalue weighted by atomic mass is 16.3. The summed E-state index contributed by atoms with van der Waals surface area (Å²) < 4.78 is 1.83. The molecule has 6 nitrogen and oxygen atoms in total. The number of aliphatic hydroxyl groups is 1. The SMILES string of the molecule is Nc1cc(N2CCC(O)CC2)cc(-n2cnnc2)c1. The minimum atomic E-state index is -0.172. The van der Waals surface area contributed by atoms with Crippen molar-refractivity contribution in [3.8, 4) is 5.69 Å². The van der Waals surface area contributed by atoms with Crippen LogP contribution in [0.4, 0.5) is 11.4 Å². The highest BCUT2D eigenvalue weighted by Gasteiger charge is 2.18. The number of nitrogens with zero attached hydrogens (tertiary/aromatic N) is 4. The van der Waals surface area contributed by atoms with Crippen LogP contribution in [0.3, 0.4) is 0 Å². The van der Waals surface area contributed by atoms with Crippen LogP contribution in [0.15, 0.2) is 30.9 Å². The largest absolute Gasteiger partial charge is 0.399 e. The average molecular weight is 259 g/mol. The number of anilines is 2. The number of benzene rings is 1. The second-order valence-electron chi connectivity index (χ2n) is 4.87. The summed E-state index contributed by atoms with van der Waals surface area (Å²) in [4.78, 5) is 2.25. The van der Waals surface area contributed by atoms with Crippen LogP contribution in [0.1, 0.15) is 12.8 Å². The number of hydrogen-bond acceptors (Lipinski definition) is 5. The summed E-state index contributed by atoms with van der Waals surface area (Å²) in [6, 6.07) is 5.93. The molecule has 3 rings (SSSR count). The Kier molecular flexibility index (Phi) is 3.08. The fourth-order valence-electron chi connectivity index (χ4n) is 2.41. The van der Waals surface area contributed by atoms with Crippen LogP contribution >= 0.6 is 0 Å². The highest BCUT2D eigenvalue weighted by Crippen LogP contribution is 2.25. The van der Waals surface area contributed by atoms with Gasteiger partial charge in [0.15, 0.2) is 0 Å². The summed E-state index contributed by atoms with van der Waals surface area (Å²) in [5.41, 5.74) is 8.71. The van der Waals surface area contributed by atoms with E-state index in [0.29, 0.717) is 5.69 Å². The number of rotatable bonds is 2. The van der Waals surface area contributed by atoms with Crippen LogP contribution in [0, 0.1) is 0 Å². The molecular formula is C13H17N5O. The lowest BCUT2D eigenvalue weighted by Gasteiger charge is -2.31. The van der Waals surface area contributed by atoms with Crippen molar-refractivity contribution in [3.63, 3.8) is 0 Å². The van der Waals surface area contributed by atoms with Gasteiger partial charge in [0.25, 0.3) is 0 Å². The van der Waals surface area contributed by atoms with Crippen molar-refractivity contribution in [2.24, 2.45) is 0 Å². The second-order valence-corrected chi connectivity index (χ2v) is 4.87. The van der Waals surface area contributed by atoms with Crippen molar-refractivity contribution in [3.05, 3.63) is 30.9 Å². The van der Waals surface area contributed by atoms with Gasteiger partial charge in [0.05, 0.1) is 11.8 Å². The van der Waals surface area contributed by atoms with E-state index in [2.05, 4.69) is 21.2 Å². The van der Waals surface area contributed by atoms with Crippen molar-refractivity contribution in [1.29, 1.82) is 0 Å². The first-order valence-corrected chi connectivity index (χ1v) is 6.41. The van der Waals surface area contributed by atoms with Gasteiger partial charge in [-0.3, -0.25) is 4.57 Å². The Balaban J connectivity index is 1.90. The first-order chi connectivity index (χ1) is 9.22. The van der Waals surface area contributed by atoms with Gasteiger partial charge in [0, 0.05) is 24.5 Å². The third kappa shape index (κ3) is 2.53. The molecule has 1 aliphatic heterocycles. The number of piperidine rings is 1. The third-order valence-corrected chi connectivity index (χ3v) is 3.47. The third-order valence-electron chi connectivity index (χ3n) is 3.47. The summed E-state index contributed by atoms with van der Waals surface area (Å²) in [5, 5.41) is 17.2. The standard InChI is InChI=1S/C13H17N5O/c14-10-5-11(17-3-1-13(19)2-4-17)7-12(6-10)18-8-15-16-9-18/h5-9,13,19H,1-4,14H2. The van der Waals surface area contributed by atoms with Crippen molar-refractivity contribution in [1.82, 2.24) is 14.8 Å². The zero-order chi connectivity index (χ0) is 13.2. The summed E-state index contributed by atoms with van der Waals surface area (Å²) in [7, 11) is 0. The lowest BCUT2D eigenvalue weighted by Crippen LogP contribution is -2.35. The molecule has 1 saturated heterocycles. The highest BCUT2D eigenvalue weighted by molar-refractivity contribution is 5.62. The lowest BCUT2D eigenvalue weighted by molar-refractivity contribution is 0.145.